The van der Waals surface area contributed by atoms with E-state index < -0.39 is 5.91 Å². The SMILES string of the molecule is NC(=O)c1c2ccccc2nc2c1[nH]c1ccccc12. The summed E-state index contributed by atoms with van der Waals surface area (Å²) in [5, 5.41) is 1.77. The molecule has 0 aliphatic carbocycles. The van der Waals surface area contributed by atoms with E-state index in [1.807, 2.05) is 48.5 Å². The summed E-state index contributed by atoms with van der Waals surface area (Å²) in [5.41, 5.74) is 9.30. The van der Waals surface area contributed by atoms with Gasteiger partial charge in [0.15, 0.2) is 0 Å². The Bertz CT molecular complexity index is 985. The minimum absolute atomic E-state index is 0.444. The number of para-hydroxylation sites is 2. The van der Waals surface area contributed by atoms with Crippen molar-refractivity contribution in [3.05, 3.63) is 54.1 Å². The maximum Gasteiger partial charge on any atom is 0.251 e. The Morgan fingerprint density at radius 1 is 1.00 bits per heavy atom. The molecule has 4 rings (SSSR count). The van der Waals surface area contributed by atoms with Gasteiger partial charge in [-0.1, -0.05) is 36.4 Å². The van der Waals surface area contributed by atoms with E-state index in [9.17, 15) is 4.79 Å². The number of aromatic amines is 1. The Balaban J connectivity index is 2.34. The molecular formula is C16H11N3O. The normalized spacial score (nSPS) is 11.4. The molecule has 3 N–H and O–H groups in total. The van der Waals surface area contributed by atoms with Crippen molar-refractivity contribution in [3.8, 4) is 0 Å². The lowest BCUT2D eigenvalue weighted by molar-refractivity contribution is 0.100. The smallest absolute Gasteiger partial charge is 0.251 e. The zero-order valence-electron chi connectivity index (χ0n) is 10.6. The number of pyridine rings is 1. The van der Waals surface area contributed by atoms with Gasteiger partial charge in [0.1, 0.15) is 0 Å². The van der Waals surface area contributed by atoms with Gasteiger partial charge >= 0.3 is 0 Å². The number of benzene rings is 2. The van der Waals surface area contributed by atoms with Crippen molar-refractivity contribution in [2.75, 3.05) is 0 Å². The number of aromatic nitrogens is 2. The van der Waals surface area contributed by atoms with Crippen molar-refractivity contribution in [3.63, 3.8) is 0 Å². The molecule has 0 spiro atoms. The van der Waals surface area contributed by atoms with Crippen LogP contribution in [0.4, 0.5) is 0 Å². The number of carbonyl (C=O) groups excluding carboxylic acids is 1. The van der Waals surface area contributed by atoms with Crippen molar-refractivity contribution in [2.24, 2.45) is 5.73 Å². The Hall–Kier alpha value is -2.88. The lowest BCUT2D eigenvalue weighted by Crippen LogP contribution is -2.12. The van der Waals surface area contributed by atoms with E-state index >= 15 is 0 Å². The summed E-state index contributed by atoms with van der Waals surface area (Å²) in [7, 11) is 0. The van der Waals surface area contributed by atoms with E-state index in [4.69, 9.17) is 5.73 Å². The summed E-state index contributed by atoms with van der Waals surface area (Å²) in [6, 6.07) is 15.4. The van der Waals surface area contributed by atoms with E-state index in [1.165, 1.54) is 0 Å². The van der Waals surface area contributed by atoms with Crippen molar-refractivity contribution in [1.82, 2.24) is 9.97 Å². The van der Waals surface area contributed by atoms with Crippen molar-refractivity contribution in [1.29, 1.82) is 0 Å². The molecule has 2 aromatic heterocycles. The van der Waals surface area contributed by atoms with Crippen molar-refractivity contribution < 1.29 is 4.79 Å². The van der Waals surface area contributed by atoms with Crippen LogP contribution in [0.15, 0.2) is 48.5 Å². The molecule has 0 aliphatic rings. The molecule has 0 aliphatic heterocycles. The molecule has 0 saturated heterocycles. The molecule has 0 saturated carbocycles. The maximum atomic E-state index is 11.9. The van der Waals surface area contributed by atoms with Crippen LogP contribution < -0.4 is 5.73 Å². The first-order valence-electron chi connectivity index (χ1n) is 6.34. The average Bonchev–Trinajstić information content (AvgIpc) is 2.82. The minimum atomic E-state index is -0.444. The van der Waals surface area contributed by atoms with Gasteiger partial charge in [-0.05, 0) is 12.1 Å². The van der Waals surface area contributed by atoms with Crippen LogP contribution in [0, 0.1) is 0 Å². The third-order valence-corrected chi connectivity index (χ3v) is 3.58. The lowest BCUT2D eigenvalue weighted by atomic mass is 10.1. The fourth-order valence-electron chi connectivity index (χ4n) is 2.72. The number of nitrogens with one attached hydrogen (secondary N) is 1. The highest BCUT2D eigenvalue weighted by atomic mass is 16.1. The zero-order valence-corrected chi connectivity index (χ0v) is 10.6. The standard InChI is InChI=1S/C16H11N3O/c17-16(20)13-9-5-1-3-7-11(9)18-14-10-6-2-4-8-12(10)19-15(13)14/h1-8,19H,(H2,17,20). The van der Waals surface area contributed by atoms with Gasteiger partial charge in [-0.3, -0.25) is 4.79 Å². The second kappa shape index (κ2) is 3.81. The molecule has 2 heterocycles. The fourth-order valence-corrected chi connectivity index (χ4v) is 2.72. The van der Waals surface area contributed by atoms with Gasteiger partial charge in [0.05, 0.1) is 22.1 Å². The van der Waals surface area contributed by atoms with Crippen LogP contribution in [-0.4, -0.2) is 15.9 Å². The Morgan fingerprint density at radius 2 is 1.70 bits per heavy atom. The molecule has 0 atom stereocenters. The number of nitrogens with zero attached hydrogens (tertiary/aromatic N) is 1. The third kappa shape index (κ3) is 1.36. The van der Waals surface area contributed by atoms with Gasteiger partial charge in [-0.25, -0.2) is 4.98 Å². The Kier molecular flexibility index (Phi) is 2.09. The second-order valence-electron chi connectivity index (χ2n) is 4.76. The highest BCUT2D eigenvalue weighted by Crippen LogP contribution is 2.30. The van der Waals surface area contributed by atoms with Gasteiger partial charge < -0.3 is 10.7 Å². The number of rotatable bonds is 1. The van der Waals surface area contributed by atoms with E-state index in [-0.39, 0.29) is 0 Å². The molecule has 2 aromatic carbocycles. The van der Waals surface area contributed by atoms with Crippen LogP contribution in [0.1, 0.15) is 10.4 Å². The maximum absolute atomic E-state index is 11.9. The topological polar surface area (TPSA) is 71.8 Å². The van der Waals surface area contributed by atoms with Crippen LogP contribution in [0.5, 0.6) is 0 Å². The van der Waals surface area contributed by atoms with Gasteiger partial charge in [-0.15, -0.1) is 0 Å². The fraction of sp³-hybridized carbons (Fsp3) is 0. The van der Waals surface area contributed by atoms with Crippen LogP contribution >= 0.6 is 0 Å². The molecule has 0 unspecified atom stereocenters. The van der Waals surface area contributed by atoms with E-state index in [2.05, 4.69) is 9.97 Å². The average molecular weight is 261 g/mol. The summed E-state index contributed by atoms with van der Waals surface area (Å²) >= 11 is 0. The summed E-state index contributed by atoms with van der Waals surface area (Å²) in [6.07, 6.45) is 0. The third-order valence-electron chi connectivity index (χ3n) is 3.58. The first kappa shape index (κ1) is 11.0. The first-order chi connectivity index (χ1) is 9.75. The molecular weight excluding hydrogens is 250 g/mol. The van der Waals surface area contributed by atoms with E-state index in [1.54, 1.807) is 0 Å². The number of H-pyrrole nitrogens is 1. The monoisotopic (exact) mass is 261 g/mol. The quantitative estimate of drug-likeness (QED) is 0.553. The largest absolute Gasteiger partial charge is 0.366 e. The number of amides is 1. The van der Waals surface area contributed by atoms with E-state index in [0.29, 0.717) is 11.1 Å². The molecule has 20 heavy (non-hydrogen) atoms. The summed E-state index contributed by atoms with van der Waals surface area (Å²) in [5.74, 6) is -0.444. The predicted molar refractivity (Wildman–Crippen MR) is 79.6 cm³/mol. The number of nitrogens with two attached hydrogens (primary N) is 1. The van der Waals surface area contributed by atoms with Crippen molar-refractivity contribution >= 4 is 38.7 Å². The van der Waals surface area contributed by atoms with Gasteiger partial charge in [0.2, 0.25) is 0 Å². The predicted octanol–water partition coefficient (Wildman–Crippen LogP) is 2.97. The molecule has 96 valence electrons. The van der Waals surface area contributed by atoms with Crippen molar-refractivity contribution in [2.45, 2.75) is 0 Å². The molecule has 0 bridgehead atoms. The lowest BCUT2D eigenvalue weighted by Gasteiger charge is -2.04. The number of fused-ring (bicyclic) bond motifs is 4. The molecule has 1 amide bonds. The molecule has 0 radical (unpaired) electrons. The number of carbonyl (C=O) groups is 1. The number of primary amides is 1. The van der Waals surface area contributed by atoms with Gasteiger partial charge in [0, 0.05) is 16.3 Å². The van der Waals surface area contributed by atoms with E-state index in [0.717, 1.165) is 27.3 Å². The number of hydrogen-bond donors (Lipinski definition) is 2. The molecule has 4 aromatic rings. The molecule has 4 heteroatoms. The second-order valence-corrected chi connectivity index (χ2v) is 4.76. The van der Waals surface area contributed by atoms with Crippen LogP contribution in [-0.2, 0) is 0 Å². The van der Waals surface area contributed by atoms with Crippen LogP contribution in [0.25, 0.3) is 32.8 Å². The highest BCUT2D eigenvalue weighted by molar-refractivity contribution is 6.19. The number of hydrogen-bond acceptors (Lipinski definition) is 2. The summed E-state index contributed by atoms with van der Waals surface area (Å²) in [6.45, 7) is 0. The van der Waals surface area contributed by atoms with Gasteiger partial charge in [-0.2, -0.15) is 0 Å². The molecule has 4 nitrogen and oxygen atoms in total. The van der Waals surface area contributed by atoms with Gasteiger partial charge in [0.25, 0.3) is 5.91 Å². The Morgan fingerprint density at radius 3 is 2.50 bits per heavy atom. The summed E-state index contributed by atoms with van der Waals surface area (Å²) < 4.78 is 0. The zero-order chi connectivity index (χ0) is 13.7. The highest BCUT2D eigenvalue weighted by Gasteiger charge is 2.16. The van der Waals surface area contributed by atoms with Crippen LogP contribution in [0.2, 0.25) is 0 Å². The Labute approximate surface area is 114 Å². The summed E-state index contributed by atoms with van der Waals surface area (Å²) in [4.78, 5) is 19.8. The van der Waals surface area contributed by atoms with Crippen LogP contribution in [0.3, 0.4) is 0 Å². The first-order valence-corrected chi connectivity index (χ1v) is 6.34. The minimum Gasteiger partial charge on any atom is -0.366 e. The molecule has 0 fully saturated rings.